The van der Waals surface area contributed by atoms with E-state index in [1.165, 1.54) is 6.07 Å². The lowest BCUT2D eigenvalue weighted by Crippen LogP contribution is -2.02. The average Bonchev–Trinajstić information content (AvgIpc) is 2.43. The molecule has 2 rings (SSSR count). The molecule has 20 heavy (non-hydrogen) atoms. The zero-order valence-electron chi connectivity index (χ0n) is 11.3. The second-order valence-corrected chi connectivity index (χ2v) is 5.85. The second kappa shape index (κ2) is 6.59. The Hall–Kier alpha value is -1.06. The van der Waals surface area contributed by atoms with Gasteiger partial charge >= 0.3 is 0 Å². The molecule has 1 unspecified atom stereocenters. The third-order valence-electron chi connectivity index (χ3n) is 2.97. The minimum absolute atomic E-state index is 0.291. The van der Waals surface area contributed by atoms with Crippen LogP contribution in [0, 0.1) is 12.7 Å². The van der Waals surface area contributed by atoms with Crippen LogP contribution in [-0.2, 0) is 0 Å². The van der Waals surface area contributed by atoms with E-state index in [4.69, 9.17) is 16.3 Å². The van der Waals surface area contributed by atoms with Crippen molar-refractivity contribution in [2.24, 2.45) is 0 Å². The van der Waals surface area contributed by atoms with Gasteiger partial charge in [0.1, 0.15) is 11.6 Å². The van der Waals surface area contributed by atoms with Gasteiger partial charge in [0.2, 0.25) is 0 Å². The van der Waals surface area contributed by atoms with Crippen molar-refractivity contribution in [1.82, 2.24) is 0 Å². The molecule has 4 heteroatoms. The standard InChI is InChI=1S/C16H15BrClFO/c1-3-20-15-7-4-10(2)8-13(15)16(17)12-9-11(18)5-6-14(12)19/h4-9,16H,3H2,1-2H3. The van der Waals surface area contributed by atoms with Crippen LogP contribution in [0.15, 0.2) is 36.4 Å². The first kappa shape index (κ1) is 15.3. The van der Waals surface area contributed by atoms with E-state index in [2.05, 4.69) is 15.9 Å². The zero-order chi connectivity index (χ0) is 14.7. The molecule has 1 nitrogen and oxygen atoms in total. The molecule has 0 bridgehead atoms. The summed E-state index contributed by atoms with van der Waals surface area (Å²) in [6.07, 6.45) is 0. The summed E-state index contributed by atoms with van der Waals surface area (Å²) < 4.78 is 19.6. The number of aryl methyl sites for hydroxylation is 1. The first-order valence-corrected chi connectivity index (χ1v) is 7.64. The molecular formula is C16H15BrClFO. The zero-order valence-corrected chi connectivity index (χ0v) is 13.6. The lowest BCUT2D eigenvalue weighted by Gasteiger charge is -2.17. The fourth-order valence-corrected chi connectivity index (χ4v) is 2.92. The van der Waals surface area contributed by atoms with Crippen LogP contribution in [0.5, 0.6) is 5.75 Å². The van der Waals surface area contributed by atoms with Crippen molar-refractivity contribution < 1.29 is 9.13 Å². The lowest BCUT2D eigenvalue weighted by molar-refractivity contribution is 0.337. The molecule has 1 atom stereocenters. The first-order chi connectivity index (χ1) is 9.52. The predicted molar refractivity (Wildman–Crippen MR) is 84.5 cm³/mol. The Bertz CT molecular complexity index is 615. The number of hydrogen-bond acceptors (Lipinski definition) is 1. The minimum atomic E-state index is -0.303. The normalized spacial score (nSPS) is 12.2. The molecule has 0 saturated carbocycles. The van der Waals surface area contributed by atoms with Crippen LogP contribution in [0.2, 0.25) is 5.02 Å². The Balaban J connectivity index is 2.49. The summed E-state index contributed by atoms with van der Waals surface area (Å²) in [6.45, 7) is 4.48. The van der Waals surface area contributed by atoms with E-state index in [0.29, 0.717) is 17.2 Å². The summed E-state index contributed by atoms with van der Waals surface area (Å²) in [5.74, 6) is 0.458. The Morgan fingerprint density at radius 1 is 1.20 bits per heavy atom. The fraction of sp³-hybridized carbons (Fsp3) is 0.250. The van der Waals surface area contributed by atoms with Crippen LogP contribution in [0.4, 0.5) is 4.39 Å². The van der Waals surface area contributed by atoms with Gasteiger partial charge in [0, 0.05) is 16.1 Å². The summed E-state index contributed by atoms with van der Waals surface area (Å²) in [6, 6.07) is 10.4. The van der Waals surface area contributed by atoms with Gasteiger partial charge in [-0.2, -0.15) is 0 Å². The molecule has 0 aliphatic carbocycles. The van der Waals surface area contributed by atoms with Gasteiger partial charge in [-0.1, -0.05) is 45.2 Å². The van der Waals surface area contributed by atoms with Crippen LogP contribution < -0.4 is 4.74 Å². The fourth-order valence-electron chi connectivity index (χ4n) is 2.03. The number of alkyl halides is 1. The molecule has 0 saturated heterocycles. The smallest absolute Gasteiger partial charge is 0.127 e. The van der Waals surface area contributed by atoms with Gasteiger partial charge < -0.3 is 4.74 Å². The number of ether oxygens (including phenoxy) is 1. The Morgan fingerprint density at radius 2 is 1.95 bits per heavy atom. The number of benzene rings is 2. The Kier molecular flexibility index (Phi) is 5.06. The molecule has 0 radical (unpaired) electrons. The molecule has 0 heterocycles. The van der Waals surface area contributed by atoms with Crippen LogP contribution in [-0.4, -0.2) is 6.61 Å². The van der Waals surface area contributed by atoms with Crippen molar-refractivity contribution in [2.75, 3.05) is 6.61 Å². The number of rotatable bonds is 4. The molecule has 0 amide bonds. The van der Waals surface area contributed by atoms with Crippen molar-refractivity contribution in [3.8, 4) is 5.75 Å². The molecule has 0 aliphatic rings. The highest BCUT2D eigenvalue weighted by atomic mass is 79.9. The molecule has 106 valence electrons. The third-order valence-corrected chi connectivity index (χ3v) is 4.19. The quantitative estimate of drug-likeness (QED) is 0.641. The van der Waals surface area contributed by atoms with Gasteiger partial charge in [0.05, 0.1) is 11.4 Å². The largest absolute Gasteiger partial charge is 0.494 e. The van der Waals surface area contributed by atoms with Crippen molar-refractivity contribution in [3.05, 3.63) is 63.9 Å². The van der Waals surface area contributed by atoms with Crippen molar-refractivity contribution in [2.45, 2.75) is 18.7 Å². The maximum absolute atomic E-state index is 14.0. The maximum Gasteiger partial charge on any atom is 0.127 e. The number of halogens is 3. The lowest BCUT2D eigenvalue weighted by atomic mass is 10.0. The van der Waals surface area contributed by atoms with E-state index in [9.17, 15) is 4.39 Å². The van der Waals surface area contributed by atoms with Gasteiger partial charge in [0.15, 0.2) is 0 Å². The molecule has 0 N–H and O–H groups in total. The van der Waals surface area contributed by atoms with Crippen molar-refractivity contribution in [3.63, 3.8) is 0 Å². The third kappa shape index (κ3) is 3.33. The Morgan fingerprint density at radius 3 is 2.65 bits per heavy atom. The van der Waals surface area contributed by atoms with Crippen LogP contribution in [0.1, 0.15) is 28.4 Å². The minimum Gasteiger partial charge on any atom is -0.494 e. The average molecular weight is 358 g/mol. The van der Waals surface area contributed by atoms with Crippen LogP contribution in [0.25, 0.3) is 0 Å². The summed E-state index contributed by atoms with van der Waals surface area (Å²) in [4.78, 5) is -0.303. The molecule has 0 fully saturated rings. The van der Waals surface area contributed by atoms with E-state index >= 15 is 0 Å². The highest BCUT2D eigenvalue weighted by Crippen LogP contribution is 2.39. The van der Waals surface area contributed by atoms with Crippen molar-refractivity contribution >= 4 is 27.5 Å². The highest BCUT2D eigenvalue weighted by molar-refractivity contribution is 9.09. The SMILES string of the molecule is CCOc1ccc(C)cc1C(Br)c1cc(Cl)ccc1F. The van der Waals surface area contributed by atoms with Gasteiger partial charge in [-0.15, -0.1) is 0 Å². The predicted octanol–water partition coefficient (Wildman–Crippen LogP) is 5.67. The van der Waals surface area contributed by atoms with Crippen LogP contribution >= 0.6 is 27.5 Å². The molecular weight excluding hydrogens is 343 g/mol. The summed E-state index contributed by atoms with van der Waals surface area (Å²) in [7, 11) is 0. The van der Waals surface area contributed by atoms with Crippen molar-refractivity contribution in [1.29, 1.82) is 0 Å². The first-order valence-electron chi connectivity index (χ1n) is 6.35. The molecule has 0 aromatic heterocycles. The maximum atomic E-state index is 14.0. The molecule has 0 aliphatic heterocycles. The van der Waals surface area contributed by atoms with Gasteiger partial charge in [-0.3, -0.25) is 0 Å². The second-order valence-electron chi connectivity index (χ2n) is 4.50. The molecule has 2 aromatic carbocycles. The summed E-state index contributed by atoms with van der Waals surface area (Å²) in [5.41, 5.74) is 2.49. The monoisotopic (exact) mass is 356 g/mol. The van der Waals surface area contributed by atoms with Gasteiger partial charge in [-0.05, 0) is 38.1 Å². The van der Waals surface area contributed by atoms with Gasteiger partial charge in [0.25, 0.3) is 0 Å². The molecule has 0 spiro atoms. The van der Waals surface area contributed by atoms with Crippen LogP contribution in [0.3, 0.4) is 0 Å². The Labute approximate surface area is 131 Å². The van der Waals surface area contributed by atoms with E-state index in [-0.39, 0.29) is 10.6 Å². The van der Waals surface area contributed by atoms with E-state index in [1.54, 1.807) is 12.1 Å². The van der Waals surface area contributed by atoms with E-state index in [0.717, 1.165) is 16.9 Å². The summed E-state index contributed by atoms with van der Waals surface area (Å²) in [5, 5.41) is 0.511. The van der Waals surface area contributed by atoms with E-state index < -0.39 is 0 Å². The van der Waals surface area contributed by atoms with Gasteiger partial charge in [-0.25, -0.2) is 4.39 Å². The summed E-state index contributed by atoms with van der Waals surface area (Å²) >= 11 is 9.52. The highest BCUT2D eigenvalue weighted by Gasteiger charge is 2.19. The topological polar surface area (TPSA) is 9.23 Å². The molecule has 2 aromatic rings. The number of hydrogen-bond donors (Lipinski definition) is 0. The van der Waals surface area contributed by atoms with E-state index in [1.807, 2.05) is 32.0 Å².